The van der Waals surface area contributed by atoms with Gasteiger partial charge in [0.25, 0.3) is 5.56 Å². The second-order valence-corrected chi connectivity index (χ2v) is 6.39. The van der Waals surface area contributed by atoms with Crippen LogP contribution in [0.3, 0.4) is 0 Å². The van der Waals surface area contributed by atoms with E-state index in [2.05, 4.69) is 10.3 Å². The number of piperazine rings is 1. The fourth-order valence-electron chi connectivity index (χ4n) is 3.26. The minimum Gasteiger partial charge on any atom is -0.366 e. The fourth-order valence-corrected chi connectivity index (χ4v) is 3.26. The molecule has 0 spiro atoms. The number of para-hydroxylation sites is 1. The van der Waals surface area contributed by atoms with E-state index in [0.29, 0.717) is 42.8 Å². The summed E-state index contributed by atoms with van der Waals surface area (Å²) in [7, 11) is 0. The average Bonchev–Trinajstić information content (AvgIpc) is 2.71. The molecule has 8 heteroatoms. The molecule has 0 aliphatic carbocycles. The molecule has 138 valence electrons. The Morgan fingerprint density at radius 2 is 1.70 bits per heavy atom. The zero-order valence-corrected chi connectivity index (χ0v) is 14.6. The number of aromatic nitrogens is 3. The number of halogens is 1. The highest BCUT2D eigenvalue weighted by atomic mass is 19.1. The molecule has 1 aliphatic rings. The molecule has 1 aromatic heterocycles. The van der Waals surface area contributed by atoms with Gasteiger partial charge in [0.2, 0.25) is 5.91 Å². The van der Waals surface area contributed by atoms with E-state index in [1.54, 1.807) is 47.4 Å². The minimum atomic E-state index is -0.334. The molecule has 0 bridgehead atoms. The maximum atomic E-state index is 13.9. The number of carbonyl (C=O) groups is 1. The van der Waals surface area contributed by atoms with Crippen LogP contribution < -0.4 is 10.5 Å². The smallest absolute Gasteiger partial charge is 0.278 e. The van der Waals surface area contributed by atoms with Gasteiger partial charge in [-0.2, -0.15) is 0 Å². The topological polar surface area (TPSA) is 71.3 Å². The Morgan fingerprint density at radius 3 is 2.48 bits per heavy atom. The van der Waals surface area contributed by atoms with E-state index in [0.717, 1.165) is 4.68 Å². The van der Waals surface area contributed by atoms with Gasteiger partial charge in [-0.05, 0) is 24.3 Å². The molecule has 2 heterocycles. The van der Waals surface area contributed by atoms with Gasteiger partial charge in [-0.3, -0.25) is 9.59 Å². The molecule has 1 saturated heterocycles. The molecule has 27 heavy (non-hydrogen) atoms. The van der Waals surface area contributed by atoms with Crippen LogP contribution >= 0.6 is 0 Å². The van der Waals surface area contributed by atoms with Crippen LogP contribution in [0.5, 0.6) is 0 Å². The summed E-state index contributed by atoms with van der Waals surface area (Å²) in [4.78, 5) is 28.6. The van der Waals surface area contributed by atoms with Crippen LogP contribution in [-0.4, -0.2) is 52.0 Å². The second-order valence-electron chi connectivity index (χ2n) is 6.39. The molecule has 0 saturated carbocycles. The lowest BCUT2D eigenvalue weighted by Crippen LogP contribution is -2.50. The Morgan fingerprint density at radius 1 is 1.00 bits per heavy atom. The third-order valence-corrected chi connectivity index (χ3v) is 4.74. The van der Waals surface area contributed by atoms with Crippen molar-refractivity contribution in [1.29, 1.82) is 0 Å². The van der Waals surface area contributed by atoms with Crippen molar-refractivity contribution in [1.82, 2.24) is 19.9 Å². The summed E-state index contributed by atoms with van der Waals surface area (Å²) in [6, 6.07) is 13.5. The van der Waals surface area contributed by atoms with Gasteiger partial charge in [0.15, 0.2) is 0 Å². The highest BCUT2D eigenvalue weighted by Gasteiger charge is 2.23. The van der Waals surface area contributed by atoms with E-state index >= 15 is 0 Å². The molecule has 1 fully saturated rings. The van der Waals surface area contributed by atoms with E-state index in [4.69, 9.17) is 0 Å². The molecule has 0 N–H and O–H groups in total. The van der Waals surface area contributed by atoms with Crippen molar-refractivity contribution in [3.05, 3.63) is 64.7 Å². The number of hydrogen-bond acceptors (Lipinski definition) is 5. The van der Waals surface area contributed by atoms with Gasteiger partial charge in [-0.1, -0.05) is 29.5 Å². The number of hydrogen-bond donors (Lipinski definition) is 0. The number of nitrogens with zero attached hydrogens (tertiary/aromatic N) is 5. The van der Waals surface area contributed by atoms with E-state index in [-0.39, 0.29) is 23.8 Å². The SMILES string of the molecule is O=C(Cn1nnc2ccccc2c1=O)N1CCN(c2ccccc2F)CC1. The highest BCUT2D eigenvalue weighted by Crippen LogP contribution is 2.20. The molecule has 4 rings (SSSR count). The van der Waals surface area contributed by atoms with Crippen LogP contribution in [0.15, 0.2) is 53.3 Å². The van der Waals surface area contributed by atoms with Gasteiger partial charge >= 0.3 is 0 Å². The fraction of sp³-hybridized carbons (Fsp3) is 0.263. The molecule has 1 amide bonds. The van der Waals surface area contributed by atoms with Crippen molar-refractivity contribution in [3.8, 4) is 0 Å². The van der Waals surface area contributed by atoms with Crippen molar-refractivity contribution < 1.29 is 9.18 Å². The van der Waals surface area contributed by atoms with Crippen molar-refractivity contribution in [2.75, 3.05) is 31.1 Å². The largest absolute Gasteiger partial charge is 0.366 e. The quantitative estimate of drug-likeness (QED) is 0.697. The standard InChI is InChI=1S/C19H18FN5O2/c20-15-6-2-4-8-17(15)23-9-11-24(12-10-23)18(26)13-25-19(27)14-5-1-3-7-16(14)21-22-25/h1-8H,9-13H2. The molecule has 2 aromatic carbocycles. The Kier molecular flexibility index (Phi) is 4.53. The first-order valence-corrected chi connectivity index (χ1v) is 8.73. The maximum Gasteiger partial charge on any atom is 0.278 e. The van der Waals surface area contributed by atoms with Crippen molar-refractivity contribution in [2.24, 2.45) is 0 Å². The maximum absolute atomic E-state index is 13.9. The molecular weight excluding hydrogens is 349 g/mol. The number of anilines is 1. The monoisotopic (exact) mass is 367 g/mol. The minimum absolute atomic E-state index is 0.156. The van der Waals surface area contributed by atoms with E-state index < -0.39 is 0 Å². The van der Waals surface area contributed by atoms with E-state index in [9.17, 15) is 14.0 Å². The van der Waals surface area contributed by atoms with Gasteiger partial charge in [0.1, 0.15) is 17.9 Å². The number of rotatable bonds is 3. The Labute approximate surface area is 154 Å². The number of carbonyl (C=O) groups excluding carboxylic acids is 1. The van der Waals surface area contributed by atoms with Gasteiger partial charge < -0.3 is 9.80 Å². The van der Waals surface area contributed by atoms with Gasteiger partial charge in [-0.15, -0.1) is 5.10 Å². The summed E-state index contributed by atoms with van der Waals surface area (Å²) < 4.78 is 15.0. The number of benzene rings is 2. The third kappa shape index (κ3) is 3.38. The third-order valence-electron chi connectivity index (χ3n) is 4.74. The predicted molar refractivity (Wildman–Crippen MR) is 99.0 cm³/mol. The summed E-state index contributed by atoms with van der Waals surface area (Å²) in [6.45, 7) is 1.83. The first-order valence-electron chi connectivity index (χ1n) is 8.73. The molecule has 0 radical (unpaired) electrons. The molecule has 3 aromatic rings. The summed E-state index contributed by atoms with van der Waals surface area (Å²) >= 11 is 0. The van der Waals surface area contributed by atoms with Crippen LogP contribution in [-0.2, 0) is 11.3 Å². The van der Waals surface area contributed by atoms with Gasteiger partial charge in [-0.25, -0.2) is 9.07 Å². The summed E-state index contributed by atoms with van der Waals surface area (Å²) in [5.74, 6) is -0.467. The summed E-state index contributed by atoms with van der Waals surface area (Å²) in [5.41, 5.74) is 0.713. The van der Waals surface area contributed by atoms with Crippen LogP contribution in [0.25, 0.3) is 10.9 Å². The lowest BCUT2D eigenvalue weighted by molar-refractivity contribution is -0.132. The Balaban J connectivity index is 1.44. The summed E-state index contributed by atoms with van der Waals surface area (Å²) in [6.07, 6.45) is 0. The normalized spacial score (nSPS) is 14.6. The lowest BCUT2D eigenvalue weighted by atomic mass is 10.2. The zero-order valence-electron chi connectivity index (χ0n) is 14.6. The van der Waals surface area contributed by atoms with Gasteiger partial charge in [0.05, 0.1) is 11.1 Å². The summed E-state index contributed by atoms with van der Waals surface area (Å²) in [5, 5.41) is 8.29. The Hall–Kier alpha value is -3.29. The van der Waals surface area contributed by atoms with Crippen LogP contribution in [0.2, 0.25) is 0 Å². The number of amides is 1. The van der Waals surface area contributed by atoms with Crippen LogP contribution in [0, 0.1) is 5.82 Å². The number of fused-ring (bicyclic) bond motifs is 1. The van der Waals surface area contributed by atoms with Crippen LogP contribution in [0.1, 0.15) is 0 Å². The van der Waals surface area contributed by atoms with E-state index in [1.165, 1.54) is 6.07 Å². The molecule has 7 nitrogen and oxygen atoms in total. The molecular formula is C19H18FN5O2. The average molecular weight is 367 g/mol. The molecule has 1 aliphatic heterocycles. The zero-order chi connectivity index (χ0) is 18.8. The highest BCUT2D eigenvalue weighted by molar-refractivity contribution is 5.78. The molecule has 0 atom stereocenters. The van der Waals surface area contributed by atoms with Crippen molar-refractivity contribution >= 4 is 22.5 Å². The second kappa shape index (κ2) is 7.14. The lowest BCUT2D eigenvalue weighted by Gasteiger charge is -2.36. The first kappa shape index (κ1) is 17.1. The Bertz CT molecular complexity index is 1040. The van der Waals surface area contributed by atoms with Crippen LogP contribution in [0.4, 0.5) is 10.1 Å². The van der Waals surface area contributed by atoms with E-state index in [1.807, 2.05) is 4.90 Å². The van der Waals surface area contributed by atoms with Crippen molar-refractivity contribution in [2.45, 2.75) is 6.54 Å². The van der Waals surface area contributed by atoms with Gasteiger partial charge in [0, 0.05) is 26.2 Å². The first-order chi connectivity index (χ1) is 13.1. The predicted octanol–water partition coefficient (Wildman–Crippen LogP) is 1.28. The molecule has 0 unspecified atom stereocenters. The van der Waals surface area contributed by atoms with Crippen molar-refractivity contribution in [3.63, 3.8) is 0 Å².